The summed E-state index contributed by atoms with van der Waals surface area (Å²) in [5.74, 6) is 0.881. The highest BCUT2D eigenvalue weighted by Crippen LogP contribution is 2.34. The monoisotopic (exact) mass is 270 g/mol. The number of hydrogen-bond acceptors (Lipinski definition) is 3. The summed E-state index contributed by atoms with van der Waals surface area (Å²) < 4.78 is 5.45. The molecule has 0 aliphatic heterocycles. The molecule has 0 aromatic heterocycles. The van der Waals surface area contributed by atoms with E-state index in [4.69, 9.17) is 4.74 Å². The fourth-order valence-electron chi connectivity index (χ4n) is 2.41. The predicted octanol–water partition coefficient (Wildman–Crippen LogP) is 3.49. The van der Waals surface area contributed by atoms with Crippen molar-refractivity contribution in [2.75, 3.05) is 26.1 Å². The van der Waals surface area contributed by atoms with Gasteiger partial charge >= 0.3 is 0 Å². The van der Waals surface area contributed by atoms with E-state index in [0.29, 0.717) is 0 Å². The van der Waals surface area contributed by atoms with Crippen molar-refractivity contribution in [3.05, 3.63) is 53.6 Å². The summed E-state index contributed by atoms with van der Waals surface area (Å²) in [4.78, 5) is 2.17. The highest BCUT2D eigenvalue weighted by molar-refractivity contribution is 5.71. The van der Waals surface area contributed by atoms with Crippen LogP contribution in [0.15, 0.2) is 42.5 Å². The summed E-state index contributed by atoms with van der Waals surface area (Å²) in [7, 11) is 5.74. The van der Waals surface area contributed by atoms with Gasteiger partial charge in [-0.1, -0.05) is 29.8 Å². The lowest BCUT2D eigenvalue weighted by Crippen LogP contribution is -2.15. The zero-order valence-corrected chi connectivity index (χ0v) is 12.6. The van der Waals surface area contributed by atoms with Gasteiger partial charge in [-0.3, -0.25) is 0 Å². The number of aryl methyl sites for hydroxylation is 1. The molecule has 0 atom stereocenters. The first-order chi connectivity index (χ1) is 9.67. The minimum atomic E-state index is 0.844. The highest BCUT2D eigenvalue weighted by atomic mass is 16.5. The molecule has 0 fully saturated rings. The van der Waals surface area contributed by atoms with Crippen LogP contribution in [0.1, 0.15) is 11.1 Å². The minimum Gasteiger partial charge on any atom is -0.495 e. The second-order valence-electron chi connectivity index (χ2n) is 4.89. The lowest BCUT2D eigenvalue weighted by atomic mass is 10.1. The van der Waals surface area contributed by atoms with E-state index in [2.05, 4.69) is 48.5 Å². The molecule has 0 bridgehead atoms. The molecule has 0 aliphatic rings. The summed E-state index contributed by atoms with van der Waals surface area (Å²) in [5, 5.41) is 3.23. The summed E-state index contributed by atoms with van der Waals surface area (Å²) in [6.45, 7) is 2.96. The molecular formula is C17H22N2O. The van der Waals surface area contributed by atoms with Gasteiger partial charge in [-0.2, -0.15) is 0 Å². The molecular weight excluding hydrogens is 248 g/mol. The second kappa shape index (κ2) is 6.44. The number of rotatable bonds is 5. The molecule has 20 heavy (non-hydrogen) atoms. The van der Waals surface area contributed by atoms with Crippen molar-refractivity contribution < 1.29 is 4.74 Å². The van der Waals surface area contributed by atoms with Crippen LogP contribution >= 0.6 is 0 Å². The van der Waals surface area contributed by atoms with Gasteiger partial charge in [-0.25, -0.2) is 0 Å². The minimum absolute atomic E-state index is 0.844. The summed E-state index contributed by atoms with van der Waals surface area (Å²) in [6, 6.07) is 14.6. The van der Waals surface area contributed by atoms with Crippen molar-refractivity contribution in [2.45, 2.75) is 13.5 Å². The lowest BCUT2D eigenvalue weighted by Gasteiger charge is -2.24. The standard InChI is InChI=1S/C17H22N2O/c1-13-9-10-15(14(11-13)12-18-2)19(3)16-7-5-6-8-17(16)20-4/h5-11,18H,12H2,1-4H3. The zero-order valence-electron chi connectivity index (χ0n) is 12.6. The quantitative estimate of drug-likeness (QED) is 0.900. The molecule has 0 unspecified atom stereocenters. The van der Waals surface area contributed by atoms with Gasteiger partial charge < -0.3 is 15.0 Å². The molecule has 2 aromatic rings. The Kier molecular flexibility index (Phi) is 4.64. The first kappa shape index (κ1) is 14.4. The van der Waals surface area contributed by atoms with Gasteiger partial charge in [-0.05, 0) is 37.7 Å². The normalized spacial score (nSPS) is 10.4. The molecule has 0 saturated heterocycles. The topological polar surface area (TPSA) is 24.5 Å². The number of ether oxygens (including phenoxy) is 1. The summed E-state index contributed by atoms with van der Waals surface area (Å²) >= 11 is 0. The van der Waals surface area contributed by atoms with Crippen LogP contribution in [0.2, 0.25) is 0 Å². The van der Waals surface area contributed by atoms with Crippen LogP contribution in [-0.4, -0.2) is 21.2 Å². The average molecular weight is 270 g/mol. The number of nitrogens with one attached hydrogen (secondary N) is 1. The van der Waals surface area contributed by atoms with Crippen LogP contribution in [0.3, 0.4) is 0 Å². The Morgan fingerprint density at radius 2 is 1.85 bits per heavy atom. The van der Waals surface area contributed by atoms with E-state index in [1.54, 1.807) is 7.11 Å². The Morgan fingerprint density at radius 1 is 1.10 bits per heavy atom. The van der Waals surface area contributed by atoms with Gasteiger partial charge in [-0.15, -0.1) is 0 Å². The predicted molar refractivity (Wildman–Crippen MR) is 85.0 cm³/mol. The van der Waals surface area contributed by atoms with Crippen LogP contribution in [0, 0.1) is 6.92 Å². The third-order valence-electron chi connectivity index (χ3n) is 3.41. The van der Waals surface area contributed by atoms with E-state index in [9.17, 15) is 0 Å². The van der Waals surface area contributed by atoms with Crippen molar-refractivity contribution in [3.63, 3.8) is 0 Å². The first-order valence-electron chi connectivity index (χ1n) is 6.78. The fourth-order valence-corrected chi connectivity index (χ4v) is 2.41. The van der Waals surface area contributed by atoms with E-state index < -0.39 is 0 Å². The number of anilines is 2. The maximum Gasteiger partial charge on any atom is 0.142 e. The summed E-state index contributed by atoms with van der Waals surface area (Å²) in [6.07, 6.45) is 0. The Balaban J connectivity index is 2.44. The van der Waals surface area contributed by atoms with Crippen molar-refractivity contribution in [3.8, 4) is 5.75 Å². The molecule has 0 spiro atoms. The lowest BCUT2D eigenvalue weighted by molar-refractivity contribution is 0.415. The van der Waals surface area contributed by atoms with Crippen LogP contribution in [0.5, 0.6) is 5.75 Å². The SMILES string of the molecule is CNCc1cc(C)ccc1N(C)c1ccccc1OC. The Hall–Kier alpha value is -2.00. The first-order valence-corrected chi connectivity index (χ1v) is 6.78. The second-order valence-corrected chi connectivity index (χ2v) is 4.89. The van der Waals surface area contributed by atoms with Gasteiger partial charge in [0.2, 0.25) is 0 Å². The molecule has 1 N–H and O–H groups in total. The number of benzene rings is 2. The highest BCUT2D eigenvalue weighted by Gasteiger charge is 2.12. The maximum atomic E-state index is 5.45. The van der Waals surface area contributed by atoms with Gasteiger partial charge in [0, 0.05) is 19.3 Å². The van der Waals surface area contributed by atoms with E-state index in [1.165, 1.54) is 16.8 Å². The van der Waals surface area contributed by atoms with Crippen LogP contribution in [0.4, 0.5) is 11.4 Å². The van der Waals surface area contributed by atoms with E-state index >= 15 is 0 Å². The molecule has 0 heterocycles. The van der Waals surface area contributed by atoms with Crippen molar-refractivity contribution >= 4 is 11.4 Å². The molecule has 0 aliphatic carbocycles. The molecule has 0 amide bonds. The molecule has 3 heteroatoms. The number of methoxy groups -OCH3 is 1. The fraction of sp³-hybridized carbons (Fsp3) is 0.294. The van der Waals surface area contributed by atoms with Gasteiger partial charge in [0.1, 0.15) is 5.75 Å². The van der Waals surface area contributed by atoms with Crippen molar-refractivity contribution in [1.82, 2.24) is 5.32 Å². The largest absolute Gasteiger partial charge is 0.495 e. The smallest absolute Gasteiger partial charge is 0.142 e. The molecule has 0 saturated carbocycles. The van der Waals surface area contributed by atoms with E-state index in [1.807, 2.05) is 25.2 Å². The number of para-hydroxylation sites is 2. The van der Waals surface area contributed by atoms with Crippen molar-refractivity contribution in [1.29, 1.82) is 0 Å². The Labute approximate surface area is 121 Å². The molecule has 3 nitrogen and oxygen atoms in total. The summed E-state index contributed by atoms with van der Waals surface area (Å²) in [5.41, 5.74) is 4.80. The van der Waals surface area contributed by atoms with Crippen molar-refractivity contribution in [2.24, 2.45) is 0 Å². The average Bonchev–Trinajstić information content (AvgIpc) is 2.47. The third kappa shape index (κ3) is 2.94. The number of hydrogen-bond donors (Lipinski definition) is 1. The molecule has 2 rings (SSSR count). The van der Waals surface area contributed by atoms with Gasteiger partial charge in [0.25, 0.3) is 0 Å². The number of nitrogens with zero attached hydrogens (tertiary/aromatic N) is 1. The van der Waals surface area contributed by atoms with Gasteiger partial charge in [0.15, 0.2) is 0 Å². The van der Waals surface area contributed by atoms with Crippen LogP contribution in [0.25, 0.3) is 0 Å². The van der Waals surface area contributed by atoms with Crippen LogP contribution < -0.4 is 15.0 Å². The molecule has 2 aromatic carbocycles. The van der Waals surface area contributed by atoms with E-state index in [0.717, 1.165) is 18.0 Å². The van der Waals surface area contributed by atoms with Crippen LogP contribution in [-0.2, 0) is 6.54 Å². The Morgan fingerprint density at radius 3 is 2.55 bits per heavy atom. The third-order valence-corrected chi connectivity index (χ3v) is 3.41. The zero-order chi connectivity index (χ0) is 14.5. The van der Waals surface area contributed by atoms with Gasteiger partial charge in [0.05, 0.1) is 12.8 Å². The maximum absolute atomic E-state index is 5.45. The Bertz CT molecular complexity index is 581. The molecule has 106 valence electrons. The van der Waals surface area contributed by atoms with E-state index in [-0.39, 0.29) is 0 Å². The molecule has 0 radical (unpaired) electrons.